The molecule has 0 spiro atoms. The first-order chi connectivity index (χ1) is 5.53. The number of nitrogens with one attached hydrogen (secondary N) is 1. The van der Waals surface area contributed by atoms with Gasteiger partial charge in [0.25, 0.3) is 0 Å². The highest BCUT2D eigenvalue weighted by atomic mass is 32.2. The highest BCUT2D eigenvalue weighted by Crippen LogP contribution is 2.10. The second-order valence-electron chi connectivity index (χ2n) is 2.81. The standard InChI is InChI=1S/C7H11NO3S/c1-2-7(9)8-6-3-4-12(10,11)5-6/h2,6H,1,3-5H2,(H,8,9). The zero-order chi connectivity index (χ0) is 9.19. The lowest BCUT2D eigenvalue weighted by molar-refractivity contribution is -0.117. The van der Waals surface area contributed by atoms with E-state index in [1.165, 1.54) is 0 Å². The van der Waals surface area contributed by atoms with Gasteiger partial charge in [-0.15, -0.1) is 0 Å². The van der Waals surface area contributed by atoms with Crippen LogP contribution in [0.5, 0.6) is 0 Å². The van der Waals surface area contributed by atoms with E-state index in [0.29, 0.717) is 6.42 Å². The van der Waals surface area contributed by atoms with Gasteiger partial charge in [0.1, 0.15) is 0 Å². The van der Waals surface area contributed by atoms with Crippen LogP contribution in [0.15, 0.2) is 12.7 Å². The van der Waals surface area contributed by atoms with Crippen LogP contribution < -0.4 is 5.32 Å². The Kier molecular flexibility index (Phi) is 2.52. The van der Waals surface area contributed by atoms with Crippen molar-refractivity contribution in [3.05, 3.63) is 12.7 Å². The fourth-order valence-corrected chi connectivity index (χ4v) is 2.84. The minimum atomic E-state index is -2.90. The first-order valence-corrected chi connectivity index (χ1v) is 5.49. The first kappa shape index (κ1) is 9.25. The topological polar surface area (TPSA) is 63.2 Å². The minimum Gasteiger partial charge on any atom is -0.349 e. The summed E-state index contributed by atoms with van der Waals surface area (Å²) in [5.41, 5.74) is 0. The van der Waals surface area contributed by atoms with Crippen LogP contribution in [0.3, 0.4) is 0 Å². The lowest BCUT2D eigenvalue weighted by atomic mass is 10.2. The molecular weight excluding hydrogens is 178 g/mol. The Morgan fingerprint density at radius 2 is 2.25 bits per heavy atom. The van der Waals surface area contributed by atoms with E-state index < -0.39 is 9.84 Å². The summed E-state index contributed by atoms with van der Waals surface area (Å²) in [5, 5.41) is 2.55. The monoisotopic (exact) mass is 189 g/mol. The predicted octanol–water partition coefficient (Wildman–Crippen LogP) is -0.524. The second-order valence-corrected chi connectivity index (χ2v) is 5.04. The van der Waals surface area contributed by atoms with Crippen molar-refractivity contribution in [1.29, 1.82) is 0 Å². The third kappa shape index (κ3) is 2.34. The van der Waals surface area contributed by atoms with E-state index in [2.05, 4.69) is 11.9 Å². The maximum atomic E-state index is 10.9. The first-order valence-electron chi connectivity index (χ1n) is 3.67. The quantitative estimate of drug-likeness (QED) is 0.594. The van der Waals surface area contributed by atoms with Crippen LogP contribution >= 0.6 is 0 Å². The van der Waals surface area contributed by atoms with Gasteiger partial charge >= 0.3 is 0 Å². The molecule has 1 fully saturated rings. The van der Waals surface area contributed by atoms with Gasteiger partial charge in [0.05, 0.1) is 11.5 Å². The summed E-state index contributed by atoms with van der Waals surface area (Å²) in [4.78, 5) is 10.8. The average molecular weight is 189 g/mol. The number of hydrogen-bond acceptors (Lipinski definition) is 3. The number of carbonyl (C=O) groups excluding carboxylic acids is 1. The van der Waals surface area contributed by atoms with E-state index in [4.69, 9.17) is 0 Å². The van der Waals surface area contributed by atoms with Crippen molar-refractivity contribution in [1.82, 2.24) is 5.32 Å². The maximum Gasteiger partial charge on any atom is 0.243 e. The molecule has 1 amide bonds. The zero-order valence-corrected chi connectivity index (χ0v) is 7.43. The van der Waals surface area contributed by atoms with Crippen LogP contribution in [0, 0.1) is 0 Å². The summed E-state index contributed by atoms with van der Waals surface area (Å²) < 4.78 is 21.9. The molecular formula is C7H11NO3S. The van der Waals surface area contributed by atoms with Crippen LogP contribution in [0.2, 0.25) is 0 Å². The molecule has 1 N–H and O–H groups in total. The molecule has 1 rings (SSSR count). The molecule has 0 saturated carbocycles. The smallest absolute Gasteiger partial charge is 0.243 e. The van der Waals surface area contributed by atoms with Gasteiger partial charge in [0.2, 0.25) is 5.91 Å². The second kappa shape index (κ2) is 3.26. The highest BCUT2D eigenvalue weighted by Gasteiger charge is 2.28. The molecule has 0 aromatic heterocycles. The van der Waals surface area contributed by atoms with Gasteiger partial charge < -0.3 is 5.32 Å². The summed E-state index contributed by atoms with van der Waals surface area (Å²) in [6, 6.07) is -0.222. The third-order valence-electron chi connectivity index (χ3n) is 1.76. The number of rotatable bonds is 2. The van der Waals surface area contributed by atoms with Gasteiger partial charge in [-0.25, -0.2) is 8.42 Å². The molecule has 1 atom stereocenters. The van der Waals surface area contributed by atoms with E-state index in [1.807, 2.05) is 0 Å². The fourth-order valence-electron chi connectivity index (χ4n) is 1.17. The van der Waals surface area contributed by atoms with Crippen molar-refractivity contribution in [2.45, 2.75) is 12.5 Å². The molecule has 0 aromatic rings. The van der Waals surface area contributed by atoms with Crippen molar-refractivity contribution in [2.24, 2.45) is 0 Å². The van der Waals surface area contributed by atoms with E-state index >= 15 is 0 Å². The molecule has 0 aliphatic carbocycles. The molecule has 1 saturated heterocycles. The van der Waals surface area contributed by atoms with Crippen molar-refractivity contribution in [3.63, 3.8) is 0 Å². The Bertz CT molecular complexity index is 294. The molecule has 12 heavy (non-hydrogen) atoms. The molecule has 1 aliphatic rings. The lowest BCUT2D eigenvalue weighted by Gasteiger charge is -2.07. The summed E-state index contributed by atoms with van der Waals surface area (Å²) in [6.07, 6.45) is 1.66. The van der Waals surface area contributed by atoms with Crippen molar-refractivity contribution < 1.29 is 13.2 Å². The van der Waals surface area contributed by atoms with Crippen molar-refractivity contribution in [2.75, 3.05) is 11.5 Å². The van der Waals surface area contributed by atoms with Gasteiger partial charge in [-0.05, 0) is 12.5 Å². The summed E-state index contributed by atoms with van der Waals surface area (Å²) >= 11 is 0. The minimum absolute atomic E-state index is 0.0621. The van der Waals surface area contributed by atoms with Crippen LogP contribution in [0.4, 0.5) is 0 Å². The van der Waals surface area contributed by atoms with E-state index in [9.17, 15) is 13.2 Å². The molecule has 0 aromatic carbocycles. The van der Waals surface area contributed by atoms with Crippen LogP contribution in [-0.4, -0.2) is 31.9 Å². The normalized spacial score (nSPS) is 26.5. The molecule has 1 heterocycles. The summed E-state index contributed by atoms with van der Waals surface area (Å²) in [5.74, 6) is -0.0705. The Labute approximate surface area is 71.6 Å². The molecule has 1 unspecified atom stereocenters. The average Bonchev–Trinajstić information content (AvgIpc) is 2.30. The number of hydrogen-bond donors (Lipinski definition) is 1. The third-order valence-corrected chi connectivity index (χ3v) is 3.53. The molecule has 4 nitrogen and oxygen atoms in total. The molecule has 68 valence electrons. The SMILES string of the molecule is C=CC(=O)NC1CCS(=O)(=O)C1. The lowest BCUT2D eigenvalue weighted by Crippen LogP contribution is -2.34. The van der Waals surface area contributed by atoms with Crippen LogP contribution in [0.1, 0.15) is 6.42 Å². The van der Waals surface area contributed by atoms with Gasteiger partial charge in [-0.3, -0.25) is 4.79 Å². The van der Waals surface area contributed by atoms with Gasteiger partial charge in [0, 0.05) is 6.04 Å². The highest BCUT2D eigenvalue weighted by molar-refractivity contribution is 7.91. The van der Waals surface area contributed by atoms with Crippen molar-refractivity contribution in [3.8, 4) is 0 Å². The van der Waals surface area contributed by atoms with Crippen molar-refractivity contribution >= 4 is 15.7 Å². The Morgan fingerprint density at radius 3 is 2.67 bits per heavy atom. The van der Waals surface area contributed by atoms with E-state index in [0.717, 1.165) is 6.08 Å². The summed E-state index contributed by atoms with van der Waals surface area (Å²) in [7, 11) is -2.90. The van der Waals surface area contributed by atoms with Crippen LogP contribution in [-0.2, 0) is 14.6 Å². The van der Waals surface area contributed by atoms with Gasteiger partial charge in [-0.2, -0.15) is 0 Å². The molecule has 5 heteroatoms. The Hall–Kier alpha value is -0.840. The predicted molar refractivity (Wildman–Crippen MR) is 45.4 cm³/mol. The Balaban J connectivity index is 2.49. The number of sulfone groups is 1. The van der Waals surface area contributed by atoms with E-state index in [1.54, 1.807) is 0 Å². The maximum absolute atomic E-state index is 10.9. The van der Waals surface area contributed by atoms with E-state index in [-0.39, 0.29) is 23.5 Å². The summed E-state index contributed by atoms with van der Waals surface area (Å²) in [6.45, 7) is 3.28. The van der Waals surface area contributed by atoms with Gasteiger partial charge in [-0.1, -0.05) is 6.58 Å². The molecule has 0 radical (unpaired) electrons. The Morgan fingerprint density at radius 1 is 1.58 bits per heavy atom. The van der Waals surface area contributed by atoms with Crippen LogP contribution in [0.25, 0.3) is 0 Å². The molecule has 1 aliphatic heterocycles. The molecule has 0 bridgehead atoms. The number of carbonyl (C=O) groups is 1. The van der Waals surface area contributed by atoms with Gasteiger partial charge in [0.15, 0.2) is 9.84 Å². The zero-order valence-electron chi connectivity index (χ0n) is 6.62. The number of amides is 1. The fraction of sp³-hybridized carbons (Fsp3) is 0.571. The largest absolute Gasteiger partial charge is 0.349 e.